The molecule has 1 aliphatic rings. The van der Waals surface area contributed by atoms with Crippen LogP contribution in [0.1, 0.15) is 33.5 Å². The summed E-state index contributed by atoms with van der Waals surface area (Å²) in [4.78, 5) is 28.5. The molecule has 0 spiro atoms. The molecule has 32 heavy (non-hydrogen) atoms. The van der Waals surface area contributed by atoms with Crippen LogP contribution < -0.4 is 0 Å². The van der Waals surface area contributed by atoms with Crippen molar-refractivity contribution >= 4 is 28.9 Å². The van der Waals surface area contributed by atoms with Crippen molar-refractivity contribution in [1.82, 2.24) is 9.91 Å². The fraction of sp³-hybridized carbons (Fsp3) is 0.261. The predicted molar refractivity (Wildman–Crippen MR) is 118 cm³/mol. The summed E-state index contributed by atoms with van der Waals surface area (Å²) in [6.45, 7) is 0.297. The Bertz CT molecular complexity index is 1080. The molecular formula is C23H22FN3O4S. The Kier molecular flexibility index (Phi) is 6.77. The number of nitrogens with zero attached hydrogens (tertiary/aromatic N) is 3. The Hall–Kier alpha value is -3.30. The van der Waals surface area contributed by atoms with Crippen molar-refractivity contribution in [3.63, 3.8) is 0 Å². The molecule has 0 radical (unpaired) electrons. The third-order valence-corrected chi connectivity index (χ3v) is 6.06. The first kappa shape index (κ1) is 21.9. The summed E-state index contributed by atoms with van der Waals surface area (Å²) in [6.07, 6.45) is 1.91. The predicted octanol–water partition coefficient (Wildman–Crippen LogP) is 3.95. The third kappa shape index (κ3) is 4.79. The number of methoxy groups -OCH3 is 1. The number of carbonyl (C=O) groups excluding carboxylic acids is 2. The van der Waals surface area contributed by atoms with Crippen molar-refractivity contribution in [2.24, 2.45) is 5.10 Å². The van der Waals surface area contributed by atoms with Gasteiger partial charge in [-0.25, -0.2) is 9.40 Å². The first-order chi connectivity index (χ1) is 15.6. The highest BCUT2D eigenvalue weighted by Crippen LogP contribution is 2.34. The highest BCUT2D eigenvalue weighted by Gasteiger charge is 2.35. The summed E-state index contributed by atoms with van der Waals surface area (Å²) in [5.41, 5.74) is 1.55. The van der Waals surface area contributed by atoms with Gasteiger partial charge in [0.25, 0.3) is 11.8 Å². The number of hydrogen-bond acceptors (Lipinski definition) is 6. The maximum Gasteiger partial charge on any atom is 0.290 e. The molecule has 1 atom stereocenters. The van der Waals surface area contributed by atoms with Gasteiger partial charge in [0, 0.05) is 20.1 Å². The van der Waals surface area contributed by atoms with Gasteiger partial charge in [-0.1, -0.05) is 18.2 Å². The molecule has 3 heterocycles. The van der Waals surface area contributed by atoms with Crippen LogP contribution in [0.3, 0.4) is 0 Å². The van der Waals surface area contributed by atoms with Crippen molar-refractivity contribution in [3.8, 4) is 0 Å². The van der Waals surface area contributed by atoms with E-state index in [1.807, 2.05) is 17.5 Å². The van der Waals surface area contributed by atoms with Crippen LogP contribution in [0.2, 0.25) is 0 Å². The van der Waals surface area contributed by atoms with E-state index in [2.05, 4.69) is 5.10 Å². The van der Waals surface area contributed by atoms with Gasteiger partial charge in [-0.15, -0.1) is 11.3 Å². The maximum absolute atomic E-state index is 13.5. The smallest absolute Gasteiger partial charge is 0.290 e. The second-order valence-corrected chi connectivity index (χ2v) is 8.18. The summed E-state index contributed by atoms with van der Waals surface area (Å²) < 4.78 is 23.8. The van der Waals surface area contributed by atoms with Crippen molar-refractivity contribution in [2.45, 2.75) is 12.5 Å². The van der Waals surface area contributed by atoms with Crippen LogP contribution >= 0.6 is 11.3 Å². The van der Waals surface area contributed by atoms with Gasteiger partial charge >= 0.3 is 0 Å². The lowest BCUT2D eigenvalue weighted by atomic mass is 10.0. The molecule has 2 amide bonds. The second kappa shape index (κ2) is 9.88. The average molecular weight is 456 g/mol. The van der Waals surface area contributed by atoms with Crippen molar-refractivity contribution in [3.05, 3.63) is 82.2 Å². The first-order valence-corrected chi connectivity index (χ1v) is 11.0. The minimum atomic E-state index is -0.402. The lowest BCUT2D eigenvalue weighted by Gasteiger charge is -2.26. The van der Waals surface area contributed by atoms with E-state index in [1.54, 1.807) is 24.3 Å². The summed E-state index contributed by atoms with van der Waals surface area (Å²) in [7, 11) is 1.53. The fourth-order valence-corrected chi connectivity index (χ4v) is 4.24. The number of halogens is 1. The molecule has 166 valence electrons. The van der Waals surface area contributed by atoms with E-state index < -0.39 is 5.91 Å². The van der Waals surface area contributed by atoms with Crippen molar-refractivity contribution in [2.75, 3.05) is 26.8 Å². The Morgan fingerprint density at radius 2 is 2.06 bits per heavy atom. The van der Waals surface area contributed by atoms with Crippen LogP contribution in [0.25, 0.3) is 0 Å². The number of furan rings is 1. The van der Waals surface area contributed by atoms with Crippen LogP contribution in [-0.4, -0.2) is 54.2 Å². The van der Waals surface area contributed by atoms with Gasteiger partial charge in [0.05, 0.1) is 29.5 Å². The Labute approximate surface area is 188 Å². The number of hydrogen-bond donors (Lipinski definition) is 0. The highest BCUT2D eigenvalue weighted by molar-refractivity contribution is 7.12. The van der Waals surface area contributed by atoms with Crippen molar-refractivity contribution < 1.29 is 23.1 Å². The summed E-state index contributed by atoms with van der Waals surface area (Å²) in [6, 6.07) is 12.7. The molecule has 0 fully saturated rings. The van der Waals surface area contributed by atoms with E-state index in [4.69, 9.17) is 9.15 Å². The molecule has 4 rings (SSSR count). The molecule has 0 saturated heterocycles. The number of hydrazone groups is 1. The van der Waals surface area contributed by atoms with Gasteiger partial charge in [-0.05, 0) is 41.3 Å². The van der Waals surface area contributed by atoms with E-state index in [9.17, 15) is 14.0 Å². The van der Waals surface area contributed by atoms with Gasteiger partial charge in [0.1, 0.15) is 12.4 Å². The Morgan fingerprint density at radius 1 is 1.25 bits per heavy atom. The molecule has 0 saturated carbocycles. The molecule has 7 nitrogen and oxygen atoms in total. The molecule has 1 aromatic carbocycles. The number of carbonyl (C=O) groups is 2. The molecule has 0 aliphatic carbocycles. The lowest BCUT2D eigenvalue weighted by Crippen LogP contribution is -2.42. The largest absolute Gasteiger partial charge is 0.459 e. The summed E-state index contributed by atoms with van der Waals surface area (Å²) in [5.74, 6) is -0.950. The van der Waals surface area contributed by atoms with Crippen LogP contribution in [0.15, 0.2) is 69.7 Å². The minimum Gasteiger partial charge on any atom is -0.459 e. The standard InChI is InChI=1S/C23H22FN3O4S/c1-30-12-10-26(23(29)20-4-2-11-31-20)15-22(28)27-19(16-6-8-17(24)9-7-16)14-18(25-27)21-5-3-13-32-21/h2-9,11,13,19H,10,12,14-15H2,1H3/t19-/m0/s1. The molecule has 3 aromatic rings. The zero-order chi connectivity index (χ0) is 22.5. The van der Waals surface area contributed by atoms with Crippen molar-refractivity contribution in [1.29, 1.82) is 0 Å². The van der Waals surface area contributed by atoms with E-state index in [0.717, 1.165) is 16.2 Å². The van der Waals surface area contributed by atoms with E-state index in [1.165, 1.54) is 46.8 Å². The number of amides is 2. The number of thiophene rings is 1. The molecular weight excluding hydrogens is 433 g/mol. The van der Waals surface area contributed by atoms with Gasteiger partial charge in [0.2, 0.25) is 0 Å². The highest BCUT2D eigenvalue weighted by atomic mass is 32.1. The van der Waals surface area contributed by atoms with Crippen LogP contribution in [0, 0.1) is 5.82 Å². The summed E-state index contributed by atoms with van der Waals surface area (Å²) in [5, 5.41) is 7.94. The topological polar surface area (TPSA) is 75.3 Å². The van der Waals surface area contributed by atoms with Crippen LogP contribution in [-0.2, 0) is 9.53 Å². The zero-order valence-corrected chi connectivity index (χ0v) is 18.3. The van der Waals surface area contributed by atoms with Crippen LogP contribution in [0.5, 0.6) is 0 Å². The van der Waals surface area contributed by atoms with E-state index >= 15 is 0 Å². The lowest BCUT2D eigenvalue weighted by molar-refractivity contribution is -0.133. The van der Waals surface area contributed by atoms with Gasteiger partial charge in [0.15, 0.2) is 5.76 Å². The second-order valence-electron chi connectivity index (χ2n) is 7.23. The number of ether oxygens (including phenoxy) is 1. The normalized spacial score (nSPS) is 15.6. The molecule has 0 bridgehead atoms. The quantitative estimate of drug-likeness (QED) is 0.516. The Balaban J connectivity index is 1.59. The van der Waals surface area contributed by atoms with E-state index in [0.29, 0.717) is 6.42 Å². The zero-order valence-electron chi connectivity index (χ0n) is 17.4. The number of rotatable bonds is 8. The van der Waals surface area contributed by atoms with Crippen LogP contribution in [0.4, 0.5) is 4.39 Å². The monoisotopic (exact) mass is 455 g/mol. The molecule has 0 N–H and O–H groups in total. The minimum absolute atomic E-state index is 0.146. The summed E-state index contributed by atoms with van der Waals surface area (Å²) >= 11 is 1.54. The third-order valence-electron chi connectivity index (χ3n) is 5.14. The molecule has 9 heteroatoms. The average Bonchev–Trinajstić information content (AvgIpc) is 3.57. The maximum atomic E-state index is 13.5. The molecule has 1 aliphatic heterocycles. The van der Waals surface area contributed by atoms with Gasteiger partial charge in [-0.3, -0.25) is 9.59 Å². The van der Waals surface area contributed by atoms with Gasteiger partial charge in [-0.2, -0.15) is 5.10 Å². The number of benzene rings is 1. The molecule has 0 unspecified atom stereocenters. The van der Waals surface area contributed by atoms with E-state index in [-0.39, 0.29) is 43.2 Å². The fourth-order valence-electron chi connectivity index (χ4n) is 3.52. The SMILES string of the molecule is COCCN(CC(=O)N1N=C(c2cccs2)C[C@H]1c1ccc(F)cc1)C(=O)c1ccco1. The first-order valence-electron chi connectivity index (χ1n) is 10.1. The molecule has 2 aromatic heterocycles. The van der Waals surface area contributed by atoms with Gasteiger partial charge < -0.3 is 14.1 Å². The Morgan fingerprint density at radius 3 is 2.72 bits per heavy atom.